The molecule has 2 aromatic rings. The van der Waals surface area contributed by atoms with Crippen LogP contribution in [-0.2, 0) is 20.9 Å². The number of ether oxygens (including phenoxy) is 1. The Hall–Kier alpha value is -3.13. The monoisotopic (exact) mass is 408 g/mol. The van der Waals surface area contributed by atoms with Crippen LogP contribution in [0.3, 0.4) is 0 Å². The Labute approximate surface area is 170 Å². The van der Waals surface area contributed by atoms with E-state index in [1.807, 2.05) is 30.3 Å². The third kappa shape index (κ3) is 2.66. The van der Waals surface area contributed by atoms with Crippen LogP contribution in [0.1, 0.15) is 26.3 Å². The molecule has 2 unspecified atom stereocenters. The Bertz CT molecular complexity index is 1010. The Kier molecular flexibility index (Phi) is 4.16. The SMILES string of the molecule is O=C(OCc1ccccc1)C1CS[C@@H]2C(N3C(=O)c4ccccc4C3=O)C(=O)N12. The minimum absolute atomic E-state index is 0.134. The number of carbonyl (C=O) groups excluding carboxylic acids is 4. The molecule has 3 atom stereocenters. The summed E-state index contributed by atoms with van der Waals surface area (Å²) in [6.07, 6.45) is 0. The fourth-order valence-electron chi connectivity index (χ4n) is 3.95. The van der Waals surface area contributed by atoms with E-state index < -0.39 is 41.1 Å². The molecule has 3 aliphatic heterocycles. The van der Waals surface area contributed by atoms with E-state index in [1.54, 1.807) is 24.3 Å². The van der Waals surface area contributed by atoms with Crippen LogP contribution in [0, 0.1) is 0 Å². The van der Waals surface area contributed by atoms with Gasteiger partial charge in [-0.2, -0.15) is 0 Å². The van der Waals surface area contributed by atoms with Crippen LogP contribution in [0.2, 0.25) is 0 Å². The third-order valence-corrected chi connectivity index (χ3v) is 6.75. The van der Waals surface area contributed by atoms with Crippen molar-refractivity contribution in [2.75, 3.05) is 5.75 Å². The number of carbonyl (C=O) groups is 4. The number of amides is 3. The van der Waals surface area contributed by atoms with Crippen molar-refractivity contribution >= 4 is 35.5 Å². The molecule has 2 fully saturated rings. The van der Waals surface area contributed by atoms with Crippen molar-refractivity contribution in [1.82, 2.24) is 9.80 Å². The van der Waals surface area contributed by atoms with Gasteiger partial charge in [0, 0.05) is 5.75 Å². The number of benzene rings is 2. The van der Waals surface area contributed by atoms with E-state index in [4.69, 9.17) is 4.74 Å². The molecular formula is C21H16N2O5S. The summed E-state index contributed by atoms with van der Waals surface area (Å²) >= 11 is 1.39. The summed E-state index contributed by atoms with van der Waals surface area (Å²) in [5, 5.41) is -0.418. The average molecular weight is 408 g/mol. The van der Waals surface area contributed by atoms with Crippen molar-refractivity contribution in [3.8, 4) is 0 Å². The molecule has 146 valence electrons. The molecule has 5 rings (SSSR count). The summed E-state index contributed by atoms with van der Waals surface area (Å²) < 4.78 is 5.37. The Balaban J connectivity index is 1.29. The number of thioether (sulfide) groups is 1. The molecule has 2 saturated heterocycles. The van der Waals surface area contributed by atoms with Crippen molar-refractivity contribution in [1.29, 1.82) is 0 Å². The fourth-order valence-corrected chi connectivity index (χ4v) is 5.46. The Morgan fingerprint density at radius 2 is 1.59 bits per heavy atom. The van der Waals surface area contributed by atoms with Gasteiger partial charge in [0.05, 0.1) is 11.1 Å². The van der Waals surface area contributed by atoms with E-state index in [9.17, 15) is 19.2 Å². The lowest BCUT2D eigenvalue weighted by Crippen LogP contribution is -2.71. The summed E-state index contributed by atoms with van der Waals surface area (Å²) in [6, 6.07) is 14.3. The number of β-lactam (4-membered cyclic amide) rings is 1. The quantitative estimate of drug-likeness (QED) is 0.435. The lowest BCUT2D eigenvalue weighted by Gasteiger charge is -2.46. The van der Waals surface area contributed by atoms with Gasteiger partial charge in [-0.15, -0.1) is 11.8 Å². The number of rotatable bonds is 4. The maximum absolute atomic E-state index is 12.8. The molecule has 0 spiro atoms. The topological polar surface area (TPSA) is 84.0 Å². The van der Waals surface area contributed by atoms with Gasteiger partial charge in [-0.3, -0.25) is 19.3 Å². The van der Waals surface area contributed by atoms with Gasteiger partial charge in [0.15, 0.2) is 0 Å². The van der Waals surface area contributed by atoms with Crippen molar-refractivity contribution in [2.24, 2.45) is 0 Å². The van der Waals surface area contributed by atoms with Crippen LogP contribution in [-0.4, -0.2) is 56.7 Å². The first-order chi connectivity index (χ1) is 14.1. The molecule has 3 aliphatic rings. The largest absolute Gasteiger partial charge is 0.459 e. The minimum Gasteiger partial charge on any atom is -0.459 e. The van der Waals surface area contributed by atoms with E-state index in [1.165, 1.54) is 16.7 Å². The number of fused-ring (bicyclic) bond motifs is 2. The second kappa shape index (κ2) is 6.73. The van der Waals surface area contributed by atoms with Crippen molar-refractivity contribution in [2.45, 2.75) is 24.1 Å². The Morgan fingerprint density at radius 1 is 0.966 bits per heavy atom. The van der Waals surface area contributed by atoms with Gasteiger partial charge in [0.1, 0.15) is 24.1 Å². The van der Waals surface area contributed by atoms with Gasteiger partial charge < -0.3 is 9.64 Å². The number of esters is 1. The van der Waals surface area contributed by atoms with E-state index >= 15 is 0 Å². The summed E-state index contributed by atoms with van der Waals surface area (Å²) in [7, 11) is 0. The third-order valence-electron chi connectivity index (χ3n) is 5.41. The molecule has 29 heavy (non-hydrogen) atoms. The Morgan fingerprint density at radius 3 is 2.24 bits per heavy atom. The maximum atomic E-state index is 12.8. The summed E-state index contributed by atoms with van der Waals surface area (Å²) in [4.78, 5) is 53.2. The fraction of sp³-hybridized carbons (Fsp3) is 0.238. The molecule has 0 bridgehead atoms. The molecule has 0 radical (unpaired) electrons. The molecule has 3 amide bonds. The van der Waals surface area contributed by atoms with Crippen molar-refractivity contribution in [3.05, 3.63) is 71.3 Å². The lowest BCUT2D eigenvalue weighted by atomic mass is 10.0. The van der Waals surface area contributed by atoms with E-state index in [2.05, 4.69) is 0 Å². The van der Waals surface area contributed by atoms with Crippen LogP contribution < -0.4 is 0 Å². The highest BCUT2D eigenvalue weighted by atomic mass is 32.2. The standard InChI is InChI=1S/C21H16N2O5S/c24-17-13-8-4-5-9-14(13)18(25)23(17)16-19(26)22-15(11-29-20(16)22)21(27)28-10-12-6-2-1-3-7-12/h1-9,15-16,20H,10-11H2/t15?,16?,20-/m1/s1. The van der Waals surface area contributed by atoms with Crippen molar-refractivity contribution < 1.29 is 23.9 Å². The predicted molar refractivity (Wildman–Crippen MR) is 104 cm³/mol. The average Bonchev–Trinajstić information content (AvgIpc) is 3.25. The van der Waals surface area contributed by atoms with E-state index in [0.29, 0.717) is 16.9 Å². The molecule has 7 nitrogen and oxygen atoms in total. The zero-order valence-corrected chi connectivity index (χ0v) is 16.0. The highest BCUT2D eigenvalue weighted by molar-refractivity contribution is 8.00. The maximum Gasteiger partial charge on any atom is 0.330 e. The van der Waals surface area contributed by atoms with Crippen LogP contribution in [0.15, 0.2) is 54.6 Å². The summed E-state index contributed by atoms with van der Waals surface area (Å²) in [6.45, 7) is 0.134. The van der Waals surface area contributed by atoms with E-state index in [0.717, 1.165) is 10.5 Å². The normalized spacial score (nSPS) is 25.0. The highest BCUT2D eigenvalue weighted by Gasteiger charge is 2.62. The number of nitrogens with zero attached hydrogens (tertiary/aromatic N) is 2. The zero-order valence-electron chi connectivity index (χ0n) is 15.2. The lowest BCUT2D eigenvalue weighted by molar-refractivity contribution is -0.164. The molecule has 0 aromatic heterocycles. The number of hydrogen-bond donors (Lipinski definition) is 0. The molecule has 0 N–H and O–H groups in total. The summed E-state index contributed by atoms with van der Waals surface area (Å²) in [5.74, 6) is -1.41. The van der Waals surface area contributed by atoms with Crippen LogP contribution >= 0.6 is 11.8 Å². The molecule has 3 heterocycles. The van der Waals surface area contributed by atoms with Gasteiger partial charge in [-0.05, 0) is 17.7 Å². The second-order valence-electron chi connectivity index (χ2n) is 7.05. The van der Waals surface area contributed by atoms with Crippen LogP contribution in [0.25, 0.3) is 0 Å². The van der Waals surface area contributed by atoms with Crippen molar-refractivity contribution in [3.63, 3.8) is 0 Å². The molecule has 0 saturated carbocycles. The summed E-state index contributed by atoms with van der Waals surface area (Å²) in [5.41, 5.74) is 1.48. The van der Waals surface area contributed by atoms with Crippen LogP contribution in [0.5, 0.6) is 0 Å². The minimum atomic E-state index is -0.876. The first-order valence-electron chi connectivity index (χ1n) is 9.19. The van der Waals surface area contributed by atoms with Gasteiger partial charge in [0.25, 0.3) is 17.7 Å². The zero-order chi connectivity index (χ0) is 20.1. The van der Waals surface area contributed by atoms with Gasteiger partial charge in [-0.1, -0.05) is 42.5 Å². The predicted octanol–water partition coefficient (Wildman–Crippen LogP) is 1.68. The first-order valence-corrected chi connectivity index (χ1v) is 10.2. The molecule has 8 heteroatoms. The van der Waals surface area contributed by atoms with Gasteiger partial charge in [0.2, 0.25) is 0 Å². The second-order valence-corrected chi connectivity index (χ2v) is 8.20. The van der Waals surface area contributed by atoms with Gasteiger partial charge >= 0.3 is 5.97 Å². The van der Waals surface area contributed by atoms with Gasteiger partial charge in [-0.25, -0.2) is 4.79 Å². The first kappa shape index (κ1) is 17.9. The molecular weight excluding hydrogens is 392 g/mol. The number of imide groups is 1. The van der Waals surface area contributed by atoms with Crippen LogP contribution in [0.4, 0.5) is 0 Å². The smallest absolute Gasteiger partial charge is 0.330 e. The molecule has 0 aliphatic carbocycles. The highest BCUT2D eigenvalue weighted by Crippen LogP contribution is 2.44. The number of hydrogen-bond acceptors (Lipinski definition) is 6. The molecule has 2 aromatic carbocycles. The van der Waals surface area contributed by atoms with E-state index in [-0.39, 0.29) is 6.61 Å².